The Bertz CT molecular complexity index is 1710. The molecule has 3 aromatic rings. The fraction of sp³-hybridized carbons (Fsp3) is 0.280. The number of hydrogen-bond donors (Lipinski definition) is 1. The van der Waals surface area contributed by atoms with Crippen LogP contribution in [0.5, 0.6) is 11.5 Å². The van der Waals surface area contributed by atoms with E-state index in [0.29, 0.717) is 18.2 Å². The second kappa shape index (κ2) is 11.4. The summed E-state index contributed by atoms with van der Waals surface area (Å²) in [6.07, 6.45) is -3.89. The molecule has 40 heavy (non-hydrogen) atoms. The molecule has 0 fully saturated rings. The Hall–Kier alpha value is -3.78. The number of aromatic nitrogens is 2. The lowest BCUT2D eigenvalue weighted by atomic mass is 10.1. The van der Waals surface area contributed by atoms with Gasteiger partial charge in [0, 0.05) is 22.3 Å². The summed E-state index contributed by atoms with van der Waals surface area (Å²) in [5.74, 6) is -3.73. The van der Waals surface area contributed by atoms with Gasteiger partial charge in [-0.1, -0.05) is 11.6 Å². The lowest BCUT2D eigenvalue weighted by molar-refractivity contribution is -0.137. The van der Waals surface area contributed by atoms with Crippen molar-refractivity contribution in [1.29, 1.82) is 0 Å². The number of nitrogens with zero attached hydrogens (tertiary/aromatic N) is 3. The minimum absolute atomic E-state index is 0.0717. The average molecular weight is 606 g/mol. The van der Waals surface area contributed by atoms with E-state index < -0.39 is 79.6 Å². The van der Waals surface area contributed by atoms with E-state index in [-0.39, 0.29) is 10.7 Å². The summed E-state index contributed by atoms with van der Waals surface area (Å²) < 4.78 is 104. The molecule has 9 nitrogen and oxygen atoms in total. The molecule has 0 saturated carbocycles. The van der Waals surface area contributed by atoms with Crippen molar-refractivity contribution in [2.45, 2.75) is 44.4 Å². The molecule has 0 aliphatic rings. The number of nitrogens with one attached hydrogen (secondary N) is 1. The fourth-order valence-corrected chi connectivity index (χ4v) is 4.31. The van der Waals surface area contributed by atoms with Gasteiger partial charge >= 0.3 is 12.3 Å². The van der Waals surface area contributed by atoms with E-state index in [2.05, 4.69) is 19.6 Å². The average Bonchev–Trinajstić information content (AvgIpc) is 2.83. The van der Waals surface area contributed by atoms with Gasteiger partial charge in [-0.25, -0.2) is 19.0 Å². The molecule has 1 aromatic carbocycles. The molecule has 3 rings (SSSR count). The minimum atomic E-state index is -5.00. The Morgan fingerprint density at radius 3 is 2.45 bits per heavy atom. The zero-order valence-electron chi connectivity index (χ0n) is 24.2. The summed E-state index contributed by atoms with van der Waals surface area (Å²) in [5, 5.41) is 1.23. The molecule has 0 radical (unpaired) electrons. The second-order valence-corrected chi connectivity index (χ2v) is 11.7. The van der Waals surface area contributed by atoms with Crippen LogP contribution in [-0.2, 0) is 20.6 Å². The van der Waals surface area contributed by atoms with Crippen LogP contribution >= 0.6 is 11.6 Å². The molecule has 1 atom stereocenters. The fourth-order valence-electron chi connectivity index (χ4n) is 3.02. The number of ether oxygens (including phenoxy) is 2. The normalized spacial score (nSPS) is 14.7. The van der Waals surface area contributed by atoms with Crippen molar-refractivity contribution >= 4 is 39.0 Å². The van der Waals surface area contributed by atoms with Crippen LogP contribution in [-0.4, -0.2) is 38.0 Å². The molecule has 15 heteroatoms. The molecule has 0 unspecified atom stereocenters. The third-order valence-electron chi connectivity index (χ3n) is 4.69. The van der Waals surface area contributed by atoms with Gasteiger partial charge in [0.1, 0.15) is 31.9 Å². The molecule has 2 aromatic heterocycles. The van der Waals surface area contributed by atoms with Crippen molar-refractivity contribution < 1.29 is 44.9 Å². The van der Waals surface area contributed by atoms with Gasteiger partial charge in [-0.05, 0) is 64.0 Å². The van der Waals surface area contributed by atoms with E-state index in [1.165, 1.54) is 6.07 Å². The van der Waals surface area contributed by atoms with E-state index >= 15 is 0 Å². The van der Waals surface area contributed by atoms with Crippen LogP contribution in [0, 0.1) is 12.8 Å². The zero-order chi connectivity index (χ0) is 32.5. The molecule has 0 aliphatic carbocycles. The molecule has 0 spiro atoms. The Kier molecular flexibility index (Phi) is 7.52. The highest BCUT2D eigenvalue weighted by molar-refractivity contribution is 7.93. The van der Waals surface area contributed by atoms with Crippen LogP contribution in [0.1, 0.15) is 46.5 Å². The lowest BCUT2D eigenvalue weighted by Gasteiger charge is -2.17. The highest BCUT2D eigenvalue weighted by atomic mass is 35.5. The van der Waals surface area contributed by atoms with Crippen molar-refractivity contribution in [3.8, 4) is 11.5 Å². The van der Waals surface area contributed by atoms with E-state index in [1.54, 1.807) is 20.8 Å². The third-order valence-corrected chi connectivity index (χ3v) is 6.50. The smallest absolute Gasteiger partial charge is 0.442 e. The number of pyridine rings is 2. The molecule has 214 valence electrons. The second-order valence-electron chi connectivity index (χ2n) is 9.12. The molecule has 1 N–H and O–H groups in total. The van der Waals surface area contributed by atoms with Crippen LogP contribution in [0.15, 0.2) is 52.0 Å². The first kappa shape index (κ1) is 26.4. The summed E-state index contributed by atoms with van der Waals surface area (Å²) >= 11 is 5.83. The maximum absolute atomic E-state index is 13.7. The van der Waals surface area contributed by atoms with Gasteiger partial charge in [0.05, 0.1) is 21.8 Å². The number of anilines is 1. The summed E-state index contributed by atoms with van der Waals surface area (Å²) in [7, 11) is -3.48. The summed E-state index contributed by atoms with van der Waals surface area (Å²) in [4.78, 5) is 32.5. The molecular formula is C25H23ClF4N4O5S. The highest BCUT2D eigenvalue weighted by Gasteiger charge is 2.35. The predicted molar refractivity (Wildman–Crippen MR) is 139 cm³/mol. The van der Waals surface area contributed by atoms with Crippen molar-refractivity contribution in [1.82, 2.24) is 9.97 Å². The number of carbonyl (C=O) groups is 2. The number of hydrogen-bond acceptors (Lipinski definition) is 7. The number of amides is 2. The first-order chi connectivity index (χ1) is 19.6. The summed E-state index contributed by atoms with van der Waals surface area (Å²) in [6, 6.07) is 4.91. The topological polar surface area (TPSA) is 120 Å². The SMILES string of the molecule is [2H]C([2H])([2H])c1nc(F)ccc1Oc1cc(C(F)(F)F)c(Cl)cc1C(=O)Nc1ccnc([S@@](C)(=O)=NC(=O)OC(C)(C)C)c1. The Labute approximate surface area is 236 Å². The van der Waals surface area contributed by atoms with Crippen LogP contribution in [0.25, 0.3) is 0 Å². The number of alkyl halides is 3. The predicted octanol–water partition coefficient (Wildman–Crippen LogP) is 7.03. The molecule has 0 bridgehead atoms. The maximum atomic E-state index is 13.7. The standard InChI is InChI=1S/C25H23ClF4N4O5S/c1-13-18(6-7-20(27)32-13)38-19-12-16(25(28,29)30)17(26)11-15(19)22(35)33-14-8-9-31-21(10-14)40(5,37)34-23(36)39-24(2,3)4/h6-12H,1-5H3,(H,31,33,35)/t40-/m1/s1/i1D3. The van der Waals surface area contributed by atoms with Gasteiger partial charge in [-0.2, -0.15) is 17.6 Å². The highest BCUT2D eigenvalue weighted by Crippen LogP contribution is 2.40. The van der Waals surface area contributed by atoms with Gasteiger partial charge in [0.2, 0.25) is 5.95 Å². The largest absolute Gasteiger partial charge is 0.455 e. The van der Waals surface area contributed by atoms with Crippen LogP contribution in [0.3, 0.4) is 0 Å². The van der Waals surface area contributed by atoms with E-state index in [0.717, 1.165) is 24.6 Å². The van der Waals surface area contributed by atoms with Crippen LogP contribution < -0.4 is 10.1 Å². The number of benzene rings is 1. The van der Waals surface area contributed by atoms with Gasteiger partial charge in [-0.15, -0.1) is 4.36 Å². The molecular weight excluding hydrogens is 580 g/mol. The van der Waals surface area contributed by atoms with Gasteiger partial charge in [0.25, 0.3) is 5.91 Å². The van der Waals surface area contributed by atoms with Crippen molar-refractivity contribution in [3.05, 3.63) is 70.4 Å². The molecule has 2 heterocycles. The molecule has 2 amide bonds. The number of halogens is 5. The Balaban J connectivity index is 2.05. The number of carbonyl (C=O) groups excluding carboxylic acids is 2. The monoisotopic (exact) mass is 605 g/mol. The molecule has 0 aliphatic heterocycles. The summed E-state index contributed by atoms with van der Waals surface area (Å²) in [5.41, 5.74) is -3.90. The number of aryl methyl sites for hydroxylation is 1. The van der Waals surface area contributed by atoms with Gasteiger partial charge in [0.15, 0.2) is 0 Å². The number of rotatable bonds is 5. The first-order valence-corrected chi connectivity index (χ1v) is 13.3. The van der Waals surface area contributed by atoms with Gasteiger partial charge < -0.3 is 14.8 Å². The van der Waals surface area contributed by atoms with E-state index in [1.807, 2.05) is 0 Å². The van der Waals surface area contributed by atoms with Crippen molar-refractivity contribution in [2.75, 3.05) is 11.6 Å². The first-order valence-electron chi connectivity index (χ1n) is 12.5. The Morgan fingerprint density at radius 2 is 1.82 bits per heavy atom. The lowest BCUT2D eigenvalue weighted by Crippen LogP contribution is -2.22. The quantitative estimate of drug-likeness (QED) is 0.245. The van der Waals surface area contributed by atoms with Crippen LogP contribution in [0.4, 0.5) is 28.0 Å². The van der Waals surface area contributed by atoms with Gasteiger partial charge in [-0.3, -0.25) is 4.79 Å². The zero-order valence-corrected chi connectivity index (χ0v) is 22.8. The Morgan fingerprint density at radius 1 is 1.12 bits per heavy atom. The maximum Gasteiger partial charge on any atom is 0.442 e. The molecule has 0 saturated heterocycles. The van der Waals surface area contributed by atoms with E-state index in [9.17, 15) is 31.4 Å². The minimum Gasteiger partial charge on any atom is -0.455 e. The summed E-state index contributed by atoms with van der Waals surface area (Å²) in [6.45, 7) is 1.70. The van der Waals surface area contributed by atoms with Crippen molar-refractivity contribution in [2.24, 2.45) is 4.36 Å². The van der Waals surface area contributed by atoms with Crippen LogP contribution in [0.2, 0.25) is 5.02 Å². The van der Waals surface area contributed by atoms with Crippen molar-refractivity contribution in [3.63, 3.8) is 0 Å². The third kappa shape index (κ3) is 7.88. The van der Waals surface area contributed by atoms with E-state index in [4.69, 9.17) is 25.2 Å².